The minimum Gasteiger partial charge on any atom is -0.339 e. The summed E-state index contributed by atoms with van der Waals surface area (Å²) < 4.78 is 0. The van der Waals surface area contributed by atoms with Crippen LogP contribution >= 0.6 is 11.8 Å². The molecule has 4 rings (SSSR count). The average molecular weight is 229 g/mol. The lowest BCUT2D eigenvalue weighted by molar-refractivity contribution is -0.111. The average Bonchev–Trinajstić information content (AvgIpc) is 2.77. The number of thioether (sulfide) groups is 1. The first-order valence-electron chi connectivity index (χ1n) is 5.54. The molecular weight excluding hydrogens is 218 g/mol. The fourth-order valence-corrected chi connectivity index (χ4v) is 4.05. The quantitative estimate of drug-likeness (QED) is 0.691. The zero-order valence-electron chi connectivity index (χ0n) is 8.75. The van der Waals surface area contributed by atoms with Crippen molar-refractivity contribution in [2.75, 3.05) is 5.75 Å². The minimum absolute atomic E-state index is 0.207. The number of carbonyl (C=O) groups is 1. The molecule has 1 unspecified atom stereocenters. The highest BCUT2D eigenvalue weighted by Gasteiger charge is 2.56. The number of allylic oxidation sites excluding steroid dienone is 1. The molecule has 1 aromatic carbocycles. The summed E-state index contributed by atoms with van der Waals surface area (Å²) in [7, 11) is 0. The number of hydrogen-bond acceptors (Lipinski definition) is 2. The Morgan fingerprint density at radius 3 is 2.94 bits per heavy atom. The molecule has 0 saturated carbocycles. The summed E-state index contributed by atoms with van der Waals surface area (Å²) in [6.07, 6.45) is 1.96. The van der Waals surface area contributed by atoms with Gasteiger partial charge in [0.05, 0.1) is 0 Å². The molecule has 80 valence electrons. The van der Waals surface area contributed by atoms with E-state index in [0.717, 1.165) is 18.6 Å². The van der Waals surface area contributed by atoms with E-state index in [-0.39, 0.29) is 11.4 Å². The number of fused-ring (bicyclic) bond motifs is 2. The molecule has 1 atom stereocenters. The molecule has 1 amide bonds. The lowest BCUT2D eigenvalue weighted by Crippen LogP contribution is -2.23. The van der Waals surface area contributed by atoms with Crippen molar-refractivity contribution in [2.45, 2.75) is 18.4 Å². The molecule has 1 saturated heterocycles. The Morgan fingerprint density at radius 2 is 2.12 bits per heavy atom. The smallest absolute Gasteiger partial charge is 0.247 e. The van der Waals surface area contributed by atoms with E-state index in [1.165, 1.54) is 21.6 Å². The third-order valence-electron chi connectivity index (χ3n) is 3.73. The largest absolute Gasteiger partial charge is 0.339 e. The van der Waals surface area contributed by atoms with Gasteiger partial charge in [-0.3, -0.25) is 4.79 Å². The van der Waals surface area contributed by atoms with Gasteiger partial charge < -0.3 is 5.32 Å². The standard InChI is InChI=1S/C13H11NOS/c15-12-13(14-12)6-10-9-4-2-1-3-8(9)5-11(10)16-7-13/h1-4H,5-7H2,(H,14,15). The van der Waals surface area contributed by atoms with Crippen molar-refractivity contribution in [3.05, 3.63) is 40.3 Å². The Bertz CT molecular complexity index is 549. The second-order valence-corrected chi connectivity index (χ2v) is 5.81. The maximum atomic E-state index is 11.4. The number of rotatable bonds is 0. The zero-order chi connectivity index (χ0) is 10.8. The first kappa shape index (κ1) is 8.88. The van der Waals surface area contributed by atoms with Crippen LogP contribution in [0.3, 0.4) is 0 Å². The Morgan fingerprint density at radius 1 is 1.31 bits per heavy atom. The van der Waals surface area contributed by atoms with E-state index in [2.05, 4.69) is 29.6 Å². The summed E-state index contributed by atoms with van der Waals surface area (Å²) in [4.78, 5) is 12.9. The minimum atomic E-state index is -0.207. The molecule has 1 N–H and O–H groups in total. The first-order chi connectivity index (χ1) is 7.78. The van der Waals surface area contributed by atoms with Gasteiger partial charge in [-0.1, -0.05) is 24.3 Å². The van der Waals surface area contributed by atoms with Gasteiger partial charge in [0.25, 0.3) is 0 Å². The normalized spacial score (nSPS) is 30.1. The van der Waals surface area contributed by atoms with E-state index in [4.69, 9.17) is 0 Å². The molecule has 0 bridgehead atoms. The van der Waals surface area contributed by atoms with E-state index in [1.54, 1.807) is 0 Å². The van der Waals surface area contributed by atoms with Crippen molar-refractivity contribution in [1.82, 2.24) is 5.32 Å². The molecule has 3 heteroatoms. The number of benzene rings is 1. The molecular formula is C13H11NOS. The lowest BCUT2D eigenvalue weighted by Gasteiger charge is -2.19. The number of nitrogens with one attached hydrogen (secondary N) is 1. The van der Waals surface area contributed by atoms with Crippen LogP contribution in [0.1, 0.15) is 17.5 Å². The zero-order valence-corrected chi connectivity index (χ0v) is 9.56. The topological polar surface area (TPSA) is 39.0 Å². The summed E-state index contributed by atoms with van der Waals surface area (Å²) in [5.41, 5.74) is 3.99. The molecule has 1 fully saturated rings. The van der Waals surface area contributed by atoms with Crippen LogP contribution in [0, 0.1) is 0 Å². The molecule has 16 heavy (non-hydrogen) atoms. The van der Waals surface area contributed by atoms with Crippen LogP contribution in [0.15, 0.2) is 29.2 Å². The van der Waals surface area contributed by atoms with E-state index in [0.29, 0.717) is 0 Å². The highest BCUT2D eigenvalue weighted by Crippen LogP contribution is 2.50. The van der Waals surface area contributed by atoms with Crippen molar-refractivity contribution >= 4 is 23.2 Å². The van der Waals surface area contributed by atoms with E-state index in [9.17, 15) is 4.79 Å². The lowest BCUT2D eigenvalue weighted by atomic mass is 9.96. The van der Waals surface area contributed by atoms with Crippen LogP contribution in [-0.2, 0) is 11.2 Å². The summed E-state index contributed by atoms with van der Waals surface area (Å²) >= 11 is 1.86. The van der Waals surface area contributed by atoms with Crippen LogP contribution in [0.4, 0.5) is 0 Å². The molecule has 3 aliphatic rings. The van der Waals surface area contributed by atoms with Crippen LogP contribution in [0.25, 0.3) is 5.57 Å². The monoisotopic (exact) mass is 229 g/mol. The predicted molar refractivity (Wildman–Crippen MR) is 65.0 cm³/mol. The number of carbonyl (C=O) groups excluding carboxylic acids is 1. The molecule has 2 aliphatic heterocycles. The second kappa shape index (κ2) is 2.72. The van der Waals surface area contributed by atoms with Crippen LogP contribution in [-0.4, -0.2) is 17.2 Å². The SMILES string of the molecule is O=C1NC12CSC1=C(C2)c2ccccc2C1. The fourth-order valence-electron chi connectivity index (χ4n) is 2.71. The van der Waals surface area contributed by atoms with Crippen LogP contribution < -0.4 is 5.32 Å². The fraction of sp³-hybridized carbons (Fsp3) is 0.308. The first-order valence-corrected chi connectivity index (χ1v) is 6.53. The van der Waals surface area contributed by atoms with Gasteiger partial charge in [-0.15, -0.1) is 11.8 Å². The predicted octanol–water partition coefficient (Wildman–Crippen LogP) is 1.96. The van der Waals surface area contributed by atoms with E-state index in [1.807, 2.05) is 11.8 Å². The van der Waals surface area contributed by atoms with Gasteiger partial charge in [0.2, 0.25) is 5.91 Å². The van der Waals surface area contributed by atoms with Gasteiger partial charge in [0, 0.05) is 18.6 Å². The van der Waals surface area contributed by atoms with Crippen molar-refractivity contribution < 1.29 is 4.79 Å². The Hall–Kier alpha value is -1.22. The van der Waals surface area contributed by atoms with Crippen molar-refractivity contribution in [3.8, 4) is 0 Å². The molecule has 1 aromatic rings. The van der Waals surface area contributed by atoms with Gasteiger partial charge in [0.15, 0.2) is 0 Å². The van der Waals surface area contributed by atoms with Gasteiger partial charge in [-0.25, -0.2) is 0 Å². The van der Waals surface area contributed by atoms with Gasteiger partial charge in [0.1, 0.15) is 5.54 Å². The molecule has 0 aromatic heterocycles. The maximum Gasteiger partial charge on any atom is 0.247 e. The highest BCUT2D eigenvalue weighted by atomic mass is 32.2. The van der Waals surface area contributed by atoms with Crippen molar-refractivity contribution in [3.63, 3.8) is 0 Å². The molecule has 1 spiro atoms. The van der Waals surface area contributed by atoms with Gasteiger partial charge in [-0.2, -0.15) is 0 Å². The Kier molecular flexibility index (Phi) is 1.51. The highest BCUT2D eigenvalue weighted by molar-refractivity contribution is 8.03. The Labute approximate surface area is 98.1 Å². The van der Waals surface area contributed by atoms with E-state index < -0.39 is 0 Å². The van der Waals surface area contributed by atoms with Crippen molar-refractivity contribution in [1.29, 1.82) is 0 Å². The number of hydrogen-bond donors (Lipinski definition) is 1. The molecule has 0 radical (unpaired) electrons. The summed E-state index contributed by atoms with van der Waals surface area (Å²) in [5.74, 6) is 1.15. The third-order valence-corrected chi connectivity index (χ3v) is 5.10. The van der Waals surface area contributed by atoms with Crippen LogP contribution in [0.5, 0.6) is 0 Å². The molecule has 1 aliphatic carbocycles. The summed E-state index contributed by atoms with van der Waals surface area (Å²) in [6, 6.07) is 8.56. The molecule has 2 heterocycles. The second-order valence-electron chi connectivity index (χ2n) is 4.74. The van der Waals surface area contributed by atoms with Crippen LogP contribution in [0.2, 0.25) is 0 Å². The molecule has 2 nitrogen and oxygen atoms in total. The maximum absolute atomic E-state index is 11.4. The van der Waals surface area contributed by atoms with E-state index >= 15 is 0 Å². The number of amides is 1. The third kappa shape index (κ3) is 1.02. The van der Waals surface area contributed by atoms with Crippen molar-refractivity contribution in [2.24, 2.45) is 0 Å². The Balaban J connectivity index is 1.80. The van der Waals surface area contributed by atoms with Gasteiger partial charge >= 0.3 is 0 Å². The summed E-state index contributed by atoms with van der Waals surface area (Å²) in [6.45, 7) is 0. The summed E-state index contributed by atoms with van der Waals surface area (Å²) in [5, 5.41) is 3.00. The van der Waals surface area contributed by atoms with Gasteiger partial charge in [-0.05, 0) is 21.6 Å².